The van der Waals surface area contributed by atoms with Gasteiger partial charge in [0.05, 0.1) is 13.2 Å². The molecule has 0 aromatic heterocycles. The Bertz CT molecular complexity index is 439. The van der Waals surface area contributed by atoms with E-state index >= 15 is 0 Å². The highest BCUT2D eigenvalue weighted by Crippen LogP contribution is 2.37. The molecule has 0 atom stereocenters. The summed E-state index contributed by atoms with van der Waals surface area (Å²) in [7, 11) is -1.70. The van der Waals surface area contributed by atoms with Crippen LogP contribution in [0.5, 0.6) is 0 Å². The molecule has 1 rings (SSSR count). The van der Waals surface area contributed by atoms with E-state index in [1.54, 1.807) is 11.8 Å². The van der Waals surface area contributed by atoms with E-state index < -0.39 is 8.32 Å². The molecule has 0 fully saturated rings. The van der Waals surface area contributed by atoms with Gasteiger partial charge in [0.2, 0.25) is 0 Å². The highest BCUT2D eigenvalue weighted by atomic mass is 32.2. The van der Waals surface area contributed by atoms with E-state index in [-0.39, 0.29) is 11.6 Å². The second-order valence-electron chi connectivity index (χ2n) is 6.66. The maximum Gasteiger partial charge on any atom is 0.192 e. The molecule has 20 heavy (non-hydrogen) atoms. The first-order valence-electron chi connectivity index (χ1n) is 7.15. The fourth-order valence-corrected chi connectivity index (χ4v) is 3.39. The molecule has 0 aliphatic carbocycles. The summed E-state index contributed by atoms with van der Waals surface area (Å²) < 4.78 is 6.30. The number of aliphatic hydroxyl groups excluding tert-OH is 1. The van der Waals surface area contributed by atoms with Crippen molar-refractivity contribution < 1.29 is 9.53 Å². The second-order valence-corrected chi connectivity index (χ2v) is 12.6. The van der Waals surface area contributed by atoms with Gasteiger partial charge in [-0.05, 0) is 42.2 Å². The lowest BCUT2D eigenvalue weighted by Gasteiger charge is -2.36. The number of hydrogen-bond acceptors (Lipinski definition) is 3. The van der Waals surface area contributed by atoms with Gasteiger partial charge in [0.25, 0.3) is 0 Å². The third-order valence-electron chi connectivity index (χ3n) is 4.14. The van der Waals surface area contributed by atoms with E-state index in [2.05, 4.69) is 59.0 Å². The predicted octanol–water partition coefficient (Wildman–Crippen LogP) is 4.60. The molecule has 0 bridgehead atoms. The normalized spacial score (nSPS) is 12.8. The molecule has 4 heteroatoms. The molecule has 114 valence electrons. The summed E-state index contributed by atoms with van der Waals surface area (Å²) in [4.78, 5) is 1.25. The highest BCUT2D eigenvalue weighted by Gasteiger charge is 2.37. The van der Waals surface area contributed by atoms with Crippen LogP contribution in [0.2, 0.25) is 18.1 Å². The first kappa shape index (κ1) is 17.8. The third kappa shape index (κ3) is 4.62. The maximum atomic E-state index is 8.95. The van der Waals surface area contributed by atoms with Crippen molar-refractivity contribution in [3.05, 3.63) is 29.3 Å². The molecule has 0 aliphatic rings. The lowest BCUT2D eigenvalue weighted by Crippen LogP contribution is -2.40. The first-order valence-corrected chi connectivity index (χ1v) is 11.0. The van der Waals surface area contributed by atoms with Gasteiger partial charge in [0.1, 0.15) is 0 Å². The Hall–Kier alpha value is -0.293. The number of benzene rings is 1. The topological polar surface area (TPSA) is 29.5 Å². The monoisotopic (exact) mass is 312 g/mol. The maximum absolute atomic E-state index is 8.95. The molecule has 0 saturated carbocycles. The van der Waals surface area contributed by atoms with Crippen LogP contribution in [0.1, 0.15) is 31.9 Å². The van der Waals surface area contributed by atoms with Gasteiger partial charge in [-0.3, -0.25) is 0 Å². The van der Waals surface area contributed by atoms with Crippen molar-refractivity contribution in [3.63, 3.8) is 0 Å². The average molecular weight is 313 g/mol. The summed E-state index contributed by atoms with van der Waals surface area (Å²) in [5.74, 6) is 0.743. The molecule has 0 amide bonds. The lowest BCUT2D eigenvalue weighted by molar-refractivity contribution is 0.275. The Morgan fingerprint density at radius 3 is 2.45 bits per heavy atom. The van der Waals surface area contributed by atoms with E-state index in [0.717, 1.165) is 5.75 Å². The van der Waals surface area contributed by atoms with Crippen LogP contribution in [-0.2, 0) is 11.0 Å². The summed E-state index contributed by atoms with van der Waals surface area (Å²) in [6.45, 7) is 14.4. The fraction of sp³-hybridized carbons (Fsp3) is 0.625. The molecule has 0 saturated heterocycles. The molecule has 2 nitrogen and oxygen atoms in total. The van der Waals surface area contributed by atoms with Crippen molar-refractivity contribution in [3.8, 4) is 0 Å². The molecule has 0 aliphatic heterocycles. The van der Waals surface area contributed by atoms with Crippen LogP contribution >= 0.6 is 11.8 Å². The highest BCUT2D eigenvalue weighted by molar-refractivity contribution is 7.99. The van der Waals surface area contributed by atoms with Crippen LogP contribution < -0.4 is 0 Å². The van der Waals surface area contributed by atoms with Gasteiger partial charge in [-0.1, -0.05) is 32.9 Å². The predicted molar refractivity (Wildman–Crippen MR) is 91.0 cm³/mol. The molecule has 0 unspecified atom stereocenters. The van der Waals surface area contributed by atoms with Gasteiger partial charge in [-0.25, -0.2) is 0 Å². The zero-order valence-electron chi connectivity index (χ0n) is 13.6. The molecular weight excluding hydrogens is 284 g/mol. The Balaban J connectivity index is 2.79. The van der Waals surface area contributed by atoms with Gasteiger partial charge in [0.15, 0.2) is 8.32 Å². The van der Waals surface area contributed by atoms with Gasteiger partial charge < -0.3 is 9.53 Å². The first-order chi connectivity index (χ1) is 9.19. The van der Waals surface area contributed by atoms with Gasteiger partial charge >= 0.3 is 0 Å². The summed E-state index contributed by atoms with van der Waals surface area (Å²) in [5.41, 5.74) is 2.54. The van der Waals surface area contributed by atoms with Crippen LogP contribution in [0.4, 0.5) is 0 Å². The summed E-state index contributed by atoms with van der Waals surface area (Å²) in [6.07, 6.45) is 0. The van der Waals surface area contributed by atoms with Crippen molar-refractivity contribution in [1.29, 1.82) is 0 Å². The number of hydrogen-bond donors (Lipinski definition) is 1. The van der Waals surface area contributed by atoms with Gasteiger partial charge in [-0.2, -0.15) is 0 Å². The SMILES string of the molecule is Cc1c(CO[Si](C)(C)C(C)(C)C)cccc1SCCO. The molecular formula is C16H28O2SSi. The van der Waals surface area contributed by atoms with Crippen LogP contribution in [0.3, 0.4) is 0 Å². The van der Waals surface area contributed by atoms with Gasteiger partial charge in [-0.15, -0.1) is 11.8 Å². The van der Waals surface area contributed by atoms with E-state index in [1.807, 2.05) is 0 Å². The summed E-state index contributed by atoms with van der Waals surface area (Å²) >= 11 is 1.71. The van der Waals surface area contributed by atoms with E-state index in [9.17, 15) is 0 Å². The molecule has 0 heterocycles. The van der Waals surface area contributed by atoms with Crippen molar-refractivity contribution in [2.75, 3.05) is 12.4 Å². The Morgan fingerprint density at radius 1 is 1.25 bits per heavy atom. The average Bonchev–Trinajstić information content (AvgIpc) is 2.35. The summed E-state index contributed by atoms with van der Waals surface area (Å²) in [6, 6.07) is 6.34. The van der Waals surface area contributed by atoms with E-state index in [1.165, 1.54) is 16.0 Å². The third-order valence-corrected chi connectivity index (χ3v) is 9.76. The molecule has 1 aromatic carbocycles. The Labute approximate surface area is 129 Å². The van der Waals surface area contributed by atoms with Crippen molar-refractivity contribution in [2.45, 2.75) is 57.3 Å². The lowest BCUT2D eigenvalue weighted by atomic mass is 10.1. The number of aliphatic hydroxyl groups is 1. The van der Waals surface area contributed by atoms with Crippen LogP contribution in [0.25, 0.3) is 0 Å². The Kier molecular flexibility index (Phi) is 6.32. The molecule has 1 aromatic rings. The van der Waals surface area contributed by atoms with Gasteiger partial charge in [0, 0.05) is 10.6 Å². The Morgan fingerprint density at radius 2 is 1.90 bits per heavy atom. The smallest absolute Gasteiger partial charge is 0.192 e. The second kappa shape index (κ2) is 7.12. The van der Waals surface area contributed by atoms with Crippen molar-refractivity contribution in [2.24, 2.45) is 0 Å². The molecule has 0 radical (unpaired) electrons. The standard InChI is InChI=1S/C16H28O2SSi/c1-13-14(8-7-9-15(13)19-11-10-17)12-18-20(5,6)16(2,3)4/h7-9,17H,10-12H2,1-6H3. The number of rotatable bonds is 6. The molecule has 1 N–H and O–H groups in total. The van der Waals surface area contributed by atoms with Crippen molar-refractivity contribution in [1.82, 2.24) is 0 Å². The minimum atomic E-state index is -1.70. The minimum absolute atomic E-state index is 0.217. The zero-order chi connectivity index (χ0) is 15.4. The quantitative estimate of drug-likeness (QED) is 0.615. The van der Waals surface area contributed by atoms with E-state index in [4.69, 9.17) is 9.53 Å². The van der Waals surface area contributed by atoms with Crippen LogP contribution in [0, 0.1) is 6.92 Å². The number of thioether (sulfide) groups is 1. The zero-order valence-corrected chi connectivity index (χ0v) is 15.4. The fourth-order valence-electron chi connectivity index (χ4n) is 1.60. The molecule has 0 spiro atoms. The van der Waals surface area contributed by atoms with Crippen LogP contribution in [-0.4, -0.2) is 25.8 Å². The van der Waals surface area contributed by atoms with Crippen LogP contribution in [0.15, 0.2) is 23.1 Å². The summed E-state index contributed by atoms with van der Waals surface area (Å²) in [5, 5.41) is 9.19. The largest absolute Gasteiger partial charge is 0.413 e. The van der Waals surface area contributed by atoms with Crippen molar-refractivity contribution >= 4 is 20.1 Å². The van der Waals surface area contributed by atoms with E-state index in [0.29, 0.717) is 6.61 Å². The minimum Gasteiger partial charge on any atom is -0.413 e.